The molecule has 0 fully saturated rings. The predicted octanol–water partition coefficient (Wildman–Crippen LogP) is 4.13. The molecule has 0 atom stereocenters. The van der Waals surface area contributed by atoms with E-state index in [9.17, 15) is 4.39 Å². The molecule has 0 amide bonds. The zero-order valence-electron chi connectivity index (χ0n) is 9.82. The molecule has 0 saturated carbocycles. The van der Waals surface area contributed by atoms with Crippen molar-refractivity contribution in [2.75, 3.05) is 0 Å². The first-order valence-corrected chi connectivity index (χ1v) is 5.65. The van der Waals surface area contributed by atoms with Crippen LogP contribution >= 0.6 is 0 Å². The van der Waals surface area contributed by atoms with Crippen molar-refractivity contribution in [3.05, 3.63) is 71.3 Å². The Morgan fingerprint density at radius 3 is 2.71 bits per heavy atom. The van der Waals surface area contributed by atoms with Crippen molar-refractivity contribution in [3.63, 3.8) is 0 Å². The van der Waals surface area contributed by atoms with Gasteiger partial charge in [-0.2, -0.15) is 0 Å². The van der Waals surface area contributed by atoms with E-state index in [0.29, 0.717) is 6.61 Å². The zero-order chi connectivity index (χ0) is 12.1. The van der Waals surface area contributed by atoms with Gasteiger partial charge in [-0.15, -0.1) is 0 Å². The molecule has 1 aliphatic rings. The van der Waals surface area contributed by atoms with Crippen molar-refractivity contribution in [2.45, 2.75) is 20.0 Å². The SMILES string of the molecule is CC1=CC=C(OCc2ccc(F)cc2)CC=C1. The Kier molecular flexibility index (Phi) is 3.76. The highest BCUT2D eigenvalue weighted by atomic mass is 19.1. The lowest BCUT2D eigenvalue weighted by atomic mass is 10.2. The molecule has 2 rings (SSSR count). The number of ether oxygens (including phenoxy) is 1. The van der Waals surface area contributed by atoms with Gasteiger partial charge >= 0.3 is 0 Å². The lowest BCUT2D eigenvalue weighted by Crippen LogP contribution is -1.93. The van der Waals surface area contributed by atoms with Crippen LogP contribution in [0.2, 0.25) is 0 Å². The van der Waals surface area contributed by atoms with E-state index in [-0.39, 0.29) is 5.82 Å². The maximum absolute atomic E-state index is 12.7. The maximum Gasteiger partial charge on any atom is 0.123 e. The normalized spacial score (nSPS) is 14.9. The molecule has 0 N–H and O–H groups in total. The first kappa shape index (κ1) is 11.6. The van der Waals surface area contributed by atoms with Crippen LogP contribution in [0.5, 0.6) is 0 Å². The minimum Gasteiger partial charge on any atom is -0.493 e. The number of benzene rings is 1. The molecular weight excluding hydrogens is 215 g/mol. The molecule has 1 aromatic rings. The Labute approximate surface area is 101 Å². The summed E-state index contributed by atoms with van der Waals surface area (Å²) in [6.45, 7) is 2.53. The lowest BCUT2D eigenvalue weighted by Gasteiger charge is -2.07. The van der Waals surface area contributed by atoms with Crippen LogP contribution < -0.4 is 0 Å². The van der Waals surface area contributed by atoms with Crippen LogP contribution in [0.3, 0.4) is 0 Å². The summed E-state index contributed by atoms with van der Waals surface area (Å²) < 4.78 is 18.4. The third-order valence-electron chi connectivity index (χ3n) is 2.57. The van der Waals surface area contributed by atoms with Crippen molar-refractivity contribution in [3.8, 4) is 0 Å². The Morgan fingerprint density at radius 2 is 1.94 bits per heavy atom. The molecule has 0 heterocycles. The van der Waals surface area contributed by atoms with Crippen molar-refractivity contribution < 1.29 is 9.13 Å². The number of hydrogen-bond acceptors (Lipinski definition) is 1. The molecule has 0 bridgehead atoms. The fourth-order valence-electron chi connectivity index (χ4n) is 1.57. The largest absolute Gasteiger partial charge is 0.493 e. The summed E-state index contributed by atoms with van der Waals surface area (Å²) in [7, 11) is 0. The van der Waals surface area contributed by atoms with Crippen LogP contribution in [0.25, 0.3) is 0 Å². The second-order valence-corrected chi connectivity index (χ2v) is 4.07. The summed E-state index contributed by atoms with van der Waals surface area (Å²) in [6.07, 6.45) is 8.97. The third kappa shape index (κ3) is 3.59. The van der Waals surface area contributed by atoms with Gasteiger partial charge in [-0.25, -0.2) is 4.39 Å². The highest BCUT2D eigenvalue weighted by Crippen LogP contribution is 2.14. The molecule has 0 aliphatic heterocycles. The summed E-state index contributed by atoms with van der Waals surface area (Å²) in [5, 5.41) is 0. The van der Waals surface area contributed by atoms with Crippen molar-refractivity contribution in [2.24, 2.45) is 0 Å². The zero-order valence-corrected chi connectivity index (χ0v) is 9.82. The molecule has 88 valence electrons. The molecule has 0 radical (unpaired) electrons. The van der Waals surface area contributed by atoms with E-state index in [1.165, 1.54) is 17.7 Å². The van der Waals surface area contributed by atoms with Crippen LogP contribution in [-0.2, 0) is 11.3 Å². The Hall–Kier alpha value is -1.83. The summed E-state index contributed by atoms with van der Waals surface area (Å²) in [4.78, 5) is 0. The van der Waals surface area contributed by atoms with Gasteiger partial charge in [-0.1, -0.05) is 35.9 Å². The van der Waals surface area contributed by atoms with Gasteiger partial charge in [0, 0.05) is 6.42 Å². The standard InChI is InChI=1S/C15H15FO/c1-12-3-2-4-15(10-5-12)17-11-13-6-8-14(16)9-7-13/h2-3,5-10H,4,11H2,1H3. The molecule has 17 heavy (non-hydrogen) atoms. The molecule has 0 unspecified atom stereocenters. The molecule has 2 heteroatoms. The molecule has 0 saturated heterocycles. The molecule has 1 aliphatic carbocycles. The highest BCUT2D eigenvalue weighted by molar-refractivity contribution is 5.27. The van der Waals surface area contributed by atoms with Gasteiger partial charge in [-0.3, -0.25) is 0 Å². The predicted molar refractivity (Wildman–Crippen MR) is 66.8 cm³/mol. The smallest absolute Gasteiger partial charge is 0.123 e. The second-order valence-electron chi connectivity index (χ2n) is 4.07. The van der Waals surface area contributed by atoms with Crippen molar-refractivity contribution >= 4 is 0 Å². The second kappa shape index (κ2) is 5.48. The first-order chi connectivity index (χ1) is 8.24. The Balaban J connectivity index is 1.94. The van der Waals surface area contributed by atoms with E-state index in [2.05, 4.69) is 19.1 Å². The average molecular weight is 230 g/mol. The maximum atomic E-state index is 12.7. The lowest BCUT2D eigenvalue weighted by molar-refractivity contribution is 0.194. The van der Waals surface area contributed by atoms with Gasteiger partial charge < -0.3 is 4.74 Å². The molecule has 0 aromatic heterocycles. The number of allylic oxidation sites excluding steroid dienone is 5. The topological polar surface area (TPSA) is 9.23 Å². The van der Waals surface area contributed by atoms with Gasteiger partial charge in [0.2, 0.25) is 0 Å². The van der Waals surface area contributed by atoms with Gasteiger partial charge in [0.05, 0.1) is 0 Å². The monoisotopic (exact) mass is 230 g/mol. The number of halogens is 1. The Morgan fingerprint density at radius 1 is 1.18 bits per heavy atom. The Bertz CT molecular complexity index is 466. The summed E-state index contributed by atoms with van der Waals surface area (Å²) in [6, 6.07) is 6.38. The molecule has 0 spiro atoms. The van der Waals surface area contributed by atoms with Crippen LogP contribution in [0, 0.1) is 5.82 Å². The molecule has 1 nitrogen and oxygen atoms in total. The van der Waals surface area contributed by atoms with E-state index in [1.807, 2.05) is 12.2 Å². The number of rotatable bonds is 3. The van der Waals surface area contributed by atoms with Gasteiger partial charge in [0.15, 0.2) is 0 Å². The minimum absolute atomic E-state index is 0.219. The van der Waals surface area contributed by atoms with E-state index >= 15 is 0 Å². The van der Waals surface area contributed by atoms with E-state index in [0.717, 1.165) is 17.7 Å². The molecule has 1 aromatic carbocycles. The van der Waals surface area contributed by atoms with Gasteiger partial charge in [0.25, 0.3) is 0 Å². The third-order valence-corrected chi connectivity index (χ3v) is 2.57. The van der Waals surface area contributed by atoms with Gasteiger partial charge in [-0.05, 0) is 30.7 Å². The summed E-state index contributed by atoms with van der Waals surface area (Å²) >= 11 is 0. The van der Waals surface area contributed by atoms with Crippen molar-refractivity contribution in [1.29, 1.82) is 0 Å². The quantitative estimate of drug-likeness (QED) is 0.758. The van der Waals surface area contributed by atoms with Crippen LogP contribution in [0.15, 0.2) is 59.9 Å². The van der Waals surface area contributed by atoms with Crippen LogP contribution in [0.4, 0.5) is 4.39 Å². The van der Waals surface area contributed by atoms with Gasteiger partial charge in [0.1, 0.15) is 18.2 Å². The fraction of sp³-hybridized carbons (Fsp3) is 0.200. The highest BCUT2D eigenvalue weighted by Gasteiger charge is 2.00. The summed E-state index contributed by atoms with van der Waals surface area (Å²) in [5.41, 5.74) is 2.19. The van der Waals surface area contributed by atoms with E-state index < -0.39 is 0 Å². The fourth-order valence-corrected chi connectivity index (χ4v) is 1.57. The molecular formula is C15H15FO. The van der Waals surface area contributed by atoms with Crippen LogP contribution in [0.1, 0.15) is 18.9 Å². The summed E-state index contributed by atoms with van der Waals surface area (Å²) in [5.74, 6) is 0.714. The first-order valence-electron chi connectivity index (χ1n) is 5.65. The number of hydrogen-bond donors (Lipinski definition) is 0. The van der Waals surface area contributed by atoms with E-state index in [1.54, 1.807) is 12.1 Å². The van der Waals surface area contributed by atoms with E-state index in [4.69, 9.17) is 4.74 Å². The minimum atomic E-state index is -0.219. The average Bonchev–Trinajstić information content (AvgIpc) is 2.54. The van der Waals surface area contributed by atoms with Crippen LogP contribution in [-0.4, -0.2) is 0 Å². The van der Waals surface area contributed by atoms with Crippen molar-refractivity contribution in [1.82, 2.24) is 0 Å².